The summed E-state index contributed by atoms with van der Waals surface area (Å²) in [4.78, 5) is 30.5. The maximum Gasteiger partial charge on any atom is 0.416 e. The highest BCUT2D eigenvalue weighted by Crippen LogP contribution is 2.32. The number of benzene rings is 2. The molecule has 2 aromatic carbocycles. The molecule has 0 unspecified atom stereocenters. The van der Waals surface area contributed by atoms with Crippen LogP contribution in [0.2, 0.25) is 0 Å². The van der Waals surface area contributed by atoms with Gasteiger partial charge in [0.05, 0.1) is 11.5 Å². The molecule has 1 atom stereocenters. The second kappa shape index (κ2) is 8.01. The van der Waals surface area contributed by atoms with E-state index < -0.39 is 17.7 Å². The minimum Gasteiger partial charge on any atom is -0.368 e. The van der Waals surface area contributed by atoms with Gasteiger partial charge in [-0.25, -0.2) is 0 Å². The molecule has 0 radical (unpaired) electrons. The fourth-order valence-corrected chi connectivity index (χ4v) is 4.05. The van der Waals surface area contributed by atoms with Gasteiger partial charge in [-0.1, -0.05) is 24.3 Å². The van der Waals surface area contributed by atoms with Crippen molar-refractivity contribution in [2.24, 2.45) is 5.92 Å². The molecule has 158 valence electrons. The van der Waals surface area contributed by atoms with E-state index in [1.165, 1.54) is 6.07 Å². The Labute approximate surface area is 172 Å². The van der Waals surface area contributed by atoms with Gasteiger partial charge in [0, 0.05) is 50.5 Å². The summed E-state index contributed by atoms with van der Waals surface area (Å²) in [5, 5.41) is 0. The number of alkyl halides is 3. The van der Waals surface area contributed by atoms with Crippen LogP contribution in [0.1, 0.15) is 12.0 Å². The SMILES string of the molecule is O=C([C@@H]1CC(=O)N(c2ccccc2)C1)N1CCN(c2cccc(C(F)(F)F)c2)CC1. The Balaban J connectivity index is 1.37. The van der Waals surface area contributed by atoms with Crippen molar-refractivity contribution in [2.45, 2.75) is 12.6 Å². The van der Waals surface area contributed by atoms with Crippen LogP contribution in [0.25, 0.3) is 0 Å². The van der Waals surface area contributed by atoms with Gasteiger partial charge < -0.3 is 14.7 Å². The number of amides is 2. The topological polar surface area (TPSA) is 43.9 Å². The molecule has 2 aromatic rings. The summed E-state index contributed by atoms with van der Waals surface area (Å²) in [6.45, 7) is 2.11. The fourth-order valence-electron chi connectivity index (χ4n) is 4.05. The van der Waals surface area contributed by atoms with Gasteiger partial charge in [-0.3, -0.25) is 9.59 Å². The second-order valence-electron chi connectivity index (χ2n) is 7.60. The minimum atomic E-state index is -4.38. The maximum atomic E-state index is 13.0. The Morgan fingerprint density at radius 1 is 0.900 bits per heavy atom. The third-order valence-corrected chi connectivity index (χ3v) is 5.67. The normalized spacial score (nSPS) is 20.0. The van der Waals surface area contributed by atoms with Crippen molar-refractivity contribution in [3.8, 4) is 0 Å². The number of piperazine rings is 1. The molecule has 30 heavy (non-hydrogen) atoms. The van der Waals surface area contributed by atoms with Crippen molar-refractivity contribution < 1.29 is 22.8 Å². The highest BCUT2D eigenvalue weighted by atomic mass is 19.4. The lowest BCUT2D eigenvalue weighted by Gasteiger charge is -2.37. The number of hydrogen-bond acceptors (Lipinski definition) is 3. The van der Waals surface area contributed by atoms with Crippen molar-refractivity contribution >= 4 is 23.2 Å². The molecular formula is C22H22F3N3O2. The van der Waals surface area contributed by atoms with Gasteiger partial charge in [0.15, 0.2) is 0 Å². The van der Waals surface area contributed by atoms with E-state index in [0.29, 0.717) is 38.4 Å². The standard InChI is InChI=1S/C22H22F3N3O2/c23-22(24,25)17-5-4-8-19(14-17)26-9-11-27(12-10-26)21(30)16-13-20(29)28(15-16)18-6-2-1-3-7-18/h1-8,14,16H,9-13,15H2/t16-/m1/s1. The predicted octanol–water partition coefficient (Wildman–Crippen LogP) is 3.41. The van der Waals surface area contributed by atoms with E-state index >= 15 is 0 Å². The van der Waals surface area contributed by atoms with Gasteiger partial charge in [-0.2, -0.15) is 13.2 Å². The number of para-hydroxylation sites is 1. The Morgan fingerprint density at radius 2 is 1.57 bits per heavy atom. The Kier molecular flexibility index (Phi) is 5.40. The van der Waals surface area contributed by atoms with Crippen LogP contribution < -0.4 is 9.80 Å². The Morgan fingerprint density at radius 3 is 2.23 bits per heavy atom. The highest BCUT2D eigenvalue weighted by Gasteiger charge is 2.38. The molecule has 2 saturated heterocycles. The zero-order chi connectivity index (χ0) is 21.3. The van der Waals surface area contributed by atoms with Crippen molar-refractivity contribution in [1.82, 2.24) is 4.90 Å². The Bertz CT molecular complexity index is 925. The molecule has 0 spiro atoms. The van der Waals surface area contributed by atoms with E-state index in [1.54, 1.807) is 15.9 Å². The summed E-state index contributed by atoms with van der Waals surface area (Å²) in [6.07, 6.45) is -4.20. The summed E-state index contributed by atoms with van der Waals surface area (Å²) in [6, 6.07) is 14.5. The van der Waals surface area contributed by atoms with Gasteiger partial charge >= 0.3 is 6.18 Å². The molecule has 0 bridgehead atoms. The molecule has 2 fully saturated rings. The van der Waals surface area contributed by atoms with Gasteiger partial charge in [0.25, 0.3) is 0 Å². The van der Waals surface area contributed by atoms with Crippen LogP contribution in [0.3, 0.4) is 0 Å². The van der Waals surface area contributed by atoms with Crippen LogP contribution in [0.5, 0.6) is 0 Å². The van der Waals surface area contributed by atoms with Gasteiger partial charge in [-0.15, -0.1) is 0 Å². The van der Waals surface area contributed by atoms with Crippen molar-refractivity contribution in [3.63, 3.8) is 0 Å². The molecule has 4 rings (SSSR count). The predicted molar refractivity (Wildman–Crippen MR) is 107 cm³/mol. The van der Waals surface area contributed by atoms with Crippen LogP contribution >= 0.6 is 0 Å². The molecule has 8 heteroatoms. The van der Waals surface area contributed by atoms with E-state index in [0.717, 1.165) is 17.8 Å². The fraction of sp³-hybridized carbons (Fsp3) is 0.364. The number of halogens is 3. The van der Waals surface area contributed by atoms with Crippen LogP contribution in [0, 0.1) is 5.92 Å². The van der Waals surface area contributed by atoms with E-state index in [1.807, 2.05) is 35.2 Å². The number of nitrogens with zero attached hydrogens (tertiary/aromatic N) is 3. The van der Waals surface area contributed by atoms with E-state index in [-0.39, 0.29) is 18.2 Å². The van der Waals surface area contributed by atoms with Crippen LogP contribution in [0.4, 0.5) is 24.5 Å². The molecule has 2 aliphatic rings. The molecule has 2 heterocycles. The summed E-state index contributed by atoms with van der Waals surface area (Å²) in [7, 11) is 0. The molecule has 2 aliphatic heterocycles. The molecule has 0 aromatic heterocycles. The molecular weight excluding hydrogens is 395 g/mol. The first-order valence-electron chi connectivity index (χ1n) is 9.89. The zero-order valence-corrected chi connectivity index (χ0v) is 16.3. The summed E-state index contributed by atoms with van der Waals surface area (Å²) < 4.78 is 38.9. The average Bonchev–Trinajstić information content (AvgIpc) is 3.15. The number of carbonyl (C=O) groups is 2. The van der Waals surface area contributed by atoms with Crippen LogP contribution in [-0.4, -0.2) is 49.4 Å². The molecule has 2 amide bonds. The first-order chi connectivity index (χ1) is 14.3. The Hall–Kier alpha value is -3.03. The van der Waals surface area contributed by atoms with Gasteiger partial charge in [-0.05, 0) is 30.3 Å². The lowest BCUT2D eigenvalue weighted by Crippen LogP contribution is -2.50. The number of rotatable bonds is 3. The first kappa shape index (κ1) is 20.3. The average molecular weight is 417 g/mol. The minimum absolute atomic E-state index is 0.0644. The molecule has 0 aliphatic carbocycles. The highest BCUT2D eigenvalue weighted by molar-refractivity contribution is 6.00. The third kappa shape index (κ3) is 4.13. The number of hydrogen-bond donors (Lipinski definition) is 0. The number of anilines is 2. The van der Waals surface area contributed by atoms with Crippen molar-refractivity contribution in [1.29, 1.82) is 0 Å². The summed E-state index contributed by atoms with van der Waals surface area (Å²) in [5.74, 6) is -0.523. The summed E-state index contributed by atoms with van der Waals surface area (Å²) >= 11 is 0. The third-order valence-electron chi connectivity index (χ3n) is 5.67. The lowest BCUT2D eigenvalue weighted by molar-refractivity contribution is -0.137. The lowest BCUT2D eigenvalue weighted by atomic mass is 10.1. The molecule has 0 saturated carbocycles. The quantitative estimate of drug-likeness (QED) is 0.769. The van der Waals surface area contributed by atoms with E-state index in [2.05, 4.69) is 0 Å². The van der Waals surface area contributed by atoms with E-state index in [4.69, 9.17) is 0 Å². The monoisotopic (exact) mass is 417 g/mol. The summed E-state index contributed by atoms with van der Waals surface area (Å²) in [5.41, 5.74) is 0.611. The first-order valence-corrected chi connectivity index (χ1v) is 9.89. The smallest absolute Gasteiger partial charge is 0.368 e. The van der Waals surface area contributed by atoms with E-state index in [9.17, 15) is 22.8 Å². The van der Waals surface area contributed by atoms with Crippen LogP contribution in [0.15, 0.2) is 54.6 Å². The van der Waals surface area contributed by atoms with Crippen molar-refractivity contribution in [2.75, 3.05) is 42.5 Å². The molecule has 0 N–H and O–H groups in total. The second-order valence-corrected chi connectivity index (χ2v) is 7.60. The van der Waals surface area contributed by atoms with Gasteiger partial charge in [0.1, 0.15) is 0 Å². The van der Waals surface area contributed by atoms with Crippen LogP contribution in [-0.2, 0) is 15.8 Å². The zero-order valence-electron chi connectivity index (χ0n) is 16.3. The maximum absolute atomic E-state index is 13.0. The number of carbonyl (C=O) groups excluding carboxylic acids is 2. The van der Waals surface area contributed by atoms with Gasteiger partial charge in [0.2, 0.25) is 11.8 Å². The largest absolute Gasteiger partial charge is 0.416 e. The van der Waals surface area contributed by atoms with Crippen molar-refractivity contribution in [3.05, 3.63) is 60.2 Å². The molecule has 5 nitrogen and oxygen atoms in total.